The van der Waals surface area contributed by atoms with Crippen molar-refractivity contribution in [2.45, 2.75) is 13.0 Å². The summed E-state index contributed by atoms with van der Waals surface area (Å²) in [6.07, 6.45) is 0. The van der Waals surface area contributed by atoms with Crippen molar-refractivity contribution in [2.24, 2.45) is 0 Å². The molecule has 0 saturated carbocycles. The summed E-state index contributed by atoms with van der Waals surface area (Å²) in [5, 5.41) is 14.3. The number of hydrogen-bond donors (Lipinski definition) is 2. The van der Waals surface area contributed by atoms with Crippen molar-refractivity contribution in [2.75, 3.05) is 26.7 Å². The largest absolute Gasteiger partial charge is 0.306 e. The van der Waals surface area contributed by atoms with Crippen LogP contribution in [-0.4, -0.2) is 47.0 Å². The molecule has 0 radical (unpaired) electrons. The predicted molar refractivity (Wildman–Crippen MR) is 49.4 cm³/mol. The van der Waals surface area contributed by atoms with E-state index in [9.17, 15) is 0 Å². The van der Waals surface area contributed by atoms with Gasteiger partial charge in [-0.3, -0.25) is 0 Å². The highest BCUT2D eigenvalue weighted by Crippen LogP contribution is 2.15. The molecule has 2 N–H and O–H groups in total. The summed E-state index contributed by atoms with van der Waals surface area (Å²) >= 11 is 0. The smallest absolute Gasteiger partial charge is 0.104 e. The summed E-state index contributed by atoms with van der Waals surface area (Å²) in [4.78, 5) is 2.30. The van der Waals surface area contributed by atoms with Gasteiger partial charge in [-0.1, -0.05) is 0 Å². The van der Waals surface area contributed by atoms with Gasteiger partial charge in [0, 0.05) is 19.6 Å². The van der Waals surface area contributed by atoms with Crippen LogP contribution in [0.5, 0.6) is 0 Å². The van der Waals surface area contributed by atoms with Crippen molar-refractivity contribution in [3.8, 4) is 0 Å². The topological polar surface area (TPSA) is 56.8 Å². The van der Waals surface area contributed by atoms with Crippen molar-refractivity contribution in [3.63, 3.8) is 0 Å². The van der Waals surface area contributed by atoms with Crippen molar-refractivity contribution in [3.05, 3.63) is 11.4 Å². The van der Waals surface area contributed by atoms with E-state index < -0.39 is 0 Å². The van der Waals surface area contributed by atoms with E-state index in [1.165, 1.54) is 0 Å². The molecule has 1 aliphatic heterocycles. The lowest BCUT2D eigenvalue weighted by Crippen LogP contribution is -2.44. The number of aromatic nitrogens is 3. The van der Waals surface area contributed by atoms with Crippen LogP contribution in [0.1, 0.15) is 17.4 Å². The van der Waals surface area contributed by atoms with Crippen LogP contribution in [0.3, 0.4) is 0 Å². The van der Waals surface area contributed by atoms with Gasteiger partial charge in [-0.15, -0.1) is 0 Å². The molecule has 2 heterocycles. The molecule has 13 heavy (non-hydrogen) atoms. The zero-order valence-corrected chi connectivity index (χ0v) is 8.04. The van der Waals surface area contributed by atoms with E-state index in [4.69, 9.17) is 0 Å². The van der Waals surface area contributed by atoms with Gasteiger partial charge in [-0.2, -0.15) is 15.4 Å². The first kappa shape index (κ1) is 8.65. The SMILES string of the molecule is Cc1n[nH]nc1C1CN(C)CCN1. The van der Waals surface area contributed by atoms with Gasteiger partial charge < -0.3 is 10.2 Å². The average Bonchev–Trinajstić information content (AvgIpc) is 2.51. The molecule has 1 aliphatic rings. The number of rotatable bonds is 1. The molecule has 1 atom stereocenters. The summed E-state index contributed by atoms with van der Waals surface area (Å²) in [5.41, 5.74) is 2.04. The maximum atomic E-state index is 4.15. The maximum absolute atomic E-state index is 4.15. The van der Waals surface area contributed by atoms with Crippen LogP contribution in [0, 0.1) is 6.92 Å². The second kappa shape index (κ2) is 3.43. The monoisotopic (exact) mass is 181 g/mol. The number of nitrogens with one attached hydrogen (secondary N) is 2. The van der Waals surface area contributed by atoms with Gasteiger partial charge in [0.15, 0.2) is 0 Å². The molecule has 2 rings (SSSR count). The van der Waals surface area contributed by atoms with Gasteiger partial charge in [-0.05, 0) is 14.0 Å². The molecule has 0 aliphatic carbocycles. The van der Waals surface area contributed by atoms with Crippen LogP contribution < -0.4 is 5.32 Å². The van der Waals surface area contributed by atoms with Gasteiger partial charge in [0.05, 0.1) is 11.7 Å². The standard InChI is InChI=1S/C8H15N5/c1-6-8(11-12-10-6)7-5-13(2)4-3-9-7/h7,9H,3-5H2,1-2H3,(H,10,11,12). The lowest BCUT2D eigenvalue weighted by molar-refractivity contribution is 0.238. The molecular formula is C8H15N5. The first-order chi connectivity index (χ1) is 6.27. The molecule has 5 heteroatoms. The third-order valence-electron chi connectivity index (χ3n) is 2.47. The predicted octanol–water partition coefficient (Wildman–Crippen LogP) is -0.311. The molecule has 1 aromatic rings. The molecule has 1 unspecified atom stereocenters. The second-order valence-electron chi connectivity index (χ2n) is 3.56. The van der Waals surface area contributed by atoms with E-state index >= 15 is 0 Å². The fraction of sp³-hybridized carbons (Fsp3) is 0.750. The fourth-order valence-corrected chi connectivity index (χ4v) is 1.70. The minimum Gasteiger partial charge on any atom is -0.306 e. The first-order valence-corrected chi connectivity index (χ1v) is 4.56. The van der Waals surface area contributed by atoms with Gasteiger partial charge in [0.25, 0.3) is 0 Å². The van der Waals surface area contributed by atoms with Crippen molar-refractivity contribution in [1.82, 2.24) is 25.6 Å². The lowest BCUT2D eigenvalue weighted by atomic mass is 10.1. The Labute approximate surface area is 77.5 Å². The number of piperazine rings is 1. The minimum absolute atomic E-state index is 0.331. The summed E-state index contributed by atoms with van der Waals surface area (Å²) in [6.45, 7) is 5.11. The van der Waals surface area contributed by atoms with Crippen LogP contribution in [0.15, 0.2) is 0 Å². The van der Waals surface area contributed by atoms with Gasteiger partial charge >= 0.3 is 0 Å². The van der Waals surface area contributed by atoms with Crippen molar-refractivity contribution in [1.29, 1.82) is 0 Å². The molecule has 72 valence electrons. The highest BCUT2D eigenvalue weighted by molar-refractivity contribution is 5.12. The maximum Gasteiger partial charge on any atom is 0.104 e. The van der Waals surface area contributed by atoms with Crippen LogP contribution >= 0.6 is 0 Å². The molecule has 0 amide bonds. The number of likely N-dealkylation sites (N-methyl/N-ethyl adjacent to an activating group) is 1. The minimum atomic E-state index is 0.331. The van der Waals surface area contributed by atoms with Crippen LogP contribution in [0.25, 0.3) is 0 Å². The van der Waals surface area contributed by atoms with Crippen LogP contribution in [0.4, 0.5) is 0 Å². The Morgan fingerprint density at radius 3 is 2.92 bits per heavy atom. The summed E-state index contributed by atoms with van der Waals surface area (Å²) in [6, 6.07) is 0.331. The van der Waals surface area contributed by atoms with Gasteiger partial charge in [0.1, 0.15) is 5.69 Å². The summed E-state index contributed by atoms with van der Waals surface area (Å²) in [7, 11) is 2.13. The Hall–Kier alpha value is -0.940. The number of aromatic amines is 1. The zero-order chi connectivity index (χ0) is 9.26. The molecule has 1 aromatic heterocycles. The molecule has 1 fully saturated rings. The molecule has 0 aromatic carbocycles. The Morgan fingerprint density at radius 2 is 2.31 bits per heavy atom. The highest BCUT2D eigenvalue weighted by Gasteiger charge is 2.21. The lowest BCUT2D eigenvalue weighted by Gasteiger charge is -2.29. The van der Waals surface area contributed by atoms with E-state index in [0.717, 1.165) is 31.0 Å². The van der Waals surface area contributed by atoms with Gasteiger partial charge in [-0.25, -0.2) is 0 Å². The summed E-state index contributed by atoms with van der Waals surface area (Å²) in [5.74, 6) is 0. The Morgan fingerprint density at radius 1 is 1.46 bits per heavy atom. The number of aryl methyl sites for hydroxylation is 1. The number of H-pyrrole nitrogens is 1. The Balaban J connectivity index is 2.12. The van der Waals surface area contributed by atoms with Crippen LogP contribution in [-0.2, 0) is 0 Å². The zero-order valence-electron chi connectivity index (χ0n) is 8.04. The summed E-state index contributed by atoms with van der Waals surface area (Å²) < 4.78 is 0. The van der Waals surface area contributed by atoms with E-state index in [0.29, 0.717) is 6.04 Å². The number of nitrogens with zero attached hydrogens (tertiary/aromatic N) is 3. The molecule has 0 spiro atoms. The normalized spacial score (nSPS) is 24.9. The van der Waals surface area contributed by atoms with Gasteiger partial charge in [0.2, 0.25) is 0 Å². The molecule has 1 saturated heterocycles. The van der Waals surface area contributed by atoms with Crippen molar-refractivity contribution < 1.29 is 0 Å². The second-order valence-corrected chi connectivity index (χ2v) is 3.56. The fourth-order valence-electron chi connectivity index (χ4n) is 1.70. The quantitative estimate of drug-likeness (QED) is 0.624. The van der Waals surface area contributed by atoms with E-state index in [1.54, 1.807) is 0 Å². The molecule has 0 bridgehead atoms. The van der Waals surface area contributed by atoms with Crippen molar-refractivity contribution >= 4 is 0 Å². The van der Waals surface area contributed by atoms with E-state index in [1.807, 2.05) is 6.92 Å². The Bertz CT molecular complexity index is 282. The third-order valence-corrected chi connectivity index (χ3v) is 2.47. The van der Waals surface area contributed by atoms with E-state index in [2.05, 4.69) is 32.7 Å². The van der Waals surface area contributed by atoms with Crippen LogP contribution in [0.2, 0.25) is 0 Å². The van der Waals surface area contributed by atoms with E-state index in [-0.39, 0.29) is 0 Å². The first-order valence-electron chi connectivity index (χ1n) is 4.56. The average molecular weight is 181 g/mol. The third kappa shape index (κ3) is 1.71. The number of hydrogen-bond acceptors (Lipinski definition) is 4. The molecular weight excluding hydrogens is 166 g/mol. The highest BCUT2D eigenvalue weighted by atomic mass is 15.3. The Kier molecular flexibility index (Phi) is 2.28. The molecule has 5 nitrogen and oxygen atoms in total.